The Bertz CT molecular complexity index is 613. The first-order valence-corrected chi connectivity index (χ1v) is 7.03. The maximum absolute atomic E-state index is 11.0. The van der Waals surface area contributed by atoms with E-state index in [1.165, 1.54) is 16.4 Å². The lowest BCUT2D eigenvalue weighted by Gasteiger charge is -2.10. The Morgan fingerprint density at radius 3 is 2.70 bits per heavy atom. The smallest absolute Gasteiger partial charge is 0.323 e. The second-order valence-electron chi connectivity index (χ2n) is 4.36. The van der Waals surface area contributed by atoms with Gasteiger partial charge in [0, 0.05) is 12.8 Å². The fraction of sp³-hybridized carbons (Fsp3) is 0.308. The van der Waals surface area contributed by atoms with Crippen LogP contribution in [-0.4, -0.2) is 25.6 Å². The van der Waals surface area contributed by atoms with Gasteiger partial charge in [-0.3, -0.25) is 14.8 Å². The molecule has 1 unspecified atom stereocenters. The summed E-state index contributed by atoms with van der Waals surface area (Å²) in [5.41, 5.74) is 1.19. The summed E-state index contributed by atoms with van der Waals surface area (Å²) >= 11 is 1.23. The van der Waals surface area contributed by atoms with Gasteiger partial charge in [0.2, 0.25) is 0 Å². The van der Waals surface area contributed by atoms with Gasteiger partial charge in [0.25, 0.3) is 0 Å². The second kappa shape index (κ2) is 6.06. The second-order valence-corrected chi connectivity index (χ2v) is 5.37. The number of aryl methyl sites for hydroxylation is 2. The molecule has 1 aromatic carbocycles. The van der Waals surface area contributed by atoms with Crippen molar-refractivity contribution in [3.8, 4) is 0 Å². The van der Waals surface area contributed by atoms with Gasteiger partial charge in [-0.05, 0) is 12.5 Å². The van der Waals surface area contributed by atoms with Crippen molar-refractivity contribution < 1.29 is 10.0 Å². The zero-order chi connectivity index (χ0) is 14.7. The minimum absolute atomic E-state index is 0.0118. The van der Waals surface area contributed by atoms with Crippen LogP contribution in [0.4, 0.5) is 5.69 Å². The molecular formula is C13H15N3O3S. The Morgan fingerprint density at radius 2 is 2.10 bits per heavy atom. The molecule has 0 fully saturated rings. The summed E-state index contributed by atoms with van der Waals surface area (Å²) in [4.78, 5) is 10.6. The standard InChI is InChI=1S/C13H15N3O3S/c1-9-12(16(18)19)13(15(2)14-9)20-8-11(17)10-6-4-3-5-7-10/h3-7,11,17H,8H2,1-2H3. The Kier molecular flexibility index (Phi) is 4.41. The lowest BCUT2D eigenvalue weighted by atomic mass is 10.1. The van der Waals surface area contributed by atoms with Gasteiger partial charge in [0.15, 0.2) is 5.03 Å². The van der Waals surface area contributed by atoms with E-state index in [2.05, 4.69) is 5.10 Å². The van der Waals surface area contributed by atoms with Crippen molar-refractivity contribution in [2.45, 2.75) is 18.1 Å². The number of nitrogens with zero attached hydrogens (tertiary/aromatic N) is 3. The van der Waals surface area contributed by atoms with E-state index in [4.69, 9.17) is 0 Å². The zero-order valence-electron chi connectivity index (χ0n) is 11.2. The highest BCUT2D eigenvalue weighted by molar-refractivity contribution is 7.99. The molecule has 0 aliphatic carbocycles. The summed E-state index contributed by atoms with van der Waals surface area (Å²) in [6, 6.07) is 9.22. The van der Waals surface area contributed by atoms with E-state index in [-0.39, 0.29) is 5.69 Å². The van der Waals surface area contributed by atoms with Gasteiger partial charge >= 0.3 is 5.69 Å². The van der Waals surface area contributed by atoms with Crippen molar-refractivity contribution in [2.75, 3.05) is 5.75 Å². The van der Waals surface area contributed by atoms with Crippen LogP contribution in [0.5, 0.6) is 0 Å². The number of hydrogen-bond acceptors (Lipinski definition) is 5. The van der Waals surface area contributed by atoms with E-state index >= 15 is 0 Å². The summed E-state index contributed by atoms with van der Waals surface area (Å²) < 4.78 is 1.48. The van der Waals surface area contributed by atoms with Gasteiger partial charge < -0.3 is 5.11 Å². The van der Waals surface area contributed by atoms with Crippen LogP contribution in [0, 0.1) is 17.0 Å². The van der Waals surface area contributed by atoms with Crippen LogP contribution in [0.15, 0.2) is 35.4 Å². The highest BCUT2D eigenvalue weighted by Gasteiger charge is 2.25. The maximum Gasteiger partial charge on any atom is 0.323 e. The SMILES string of the molecule is Cc1nn(C)c(SCC(O)c2ccccc2)c1[N+](=O)[O-]. The molecule has 1 N–H and O–H groups in total. The molecule has 1 heterocycles. The number of benzene rings is 1. The van der Waals surface area contributed by atoms with Crippen molar-refractivity contribution in [2.24, 2.45) is 7.05 Å². The van der Waals surface area contributed by atoms with Crippen LogP contribution in [0.3, 0.4) is 0 Å². The Morgan fingerprint density at radius 1 is 1.45 bits per heavy atom. The predicted octanol–water partition coefficient (Wildman–Crippen LogP) is 2.46. The summed E-state index contributed by atoms with van der Waals surface area (Å²) in [5.74, 6) is 0.337. The van der Waals surface area contributed by atoms with E-state index in [9.17, 15) is 15.2 Å². The third-order valence-corrected chi connectivity index (χ3v) is 4.10. The van der Waals surface area contributed by atoms with E-state index < -0.39 is 11.0 Å². The summed E-state index contributed by atoms with van der Waals surface area (Å²) in [6.45, 7) is 1.61. The number of thioether (sulfide) groups is 1. The molecule has 0 saturated heterocycles. The first-order valence-electron chi connectivity index (χ1n) is 6.04. The molecule has 7 heteroatoms. The molecule has 6 nitrogen and oxygen atoms in total. The average Bonchev–Trinajstić information content (AvgIpc) is 2.71. The maximum atomic E-state index is 11.0. The first kappa shape index (κ1) is 14.5. The monoisotopic (exact) mass is 293 g/mol. The van der Waals surface area contributed by atoms with Crippen molar-refractivity contribution >= 4 is 17.4 Å². The van der Waals surface area contributed by atoms with Crippen LogP contribution in [-0.2, 0) is 7.05 Å². The fourth-order valence-corrected chi connectivity index (χ4v) is 3.02. The van der Waals surface area contributed by atoms with E-state index in [0.717, 1.165) is 5.56 Å². The van der Waals surface area contributed by atoms with Gasteiger partial charge in [-0.1, -0.05) is 42.1 Å². The molecule has 0 spiro atoms. The molecule has 0 radical (unpaired) electrons. The normalized spacial score (nSPS) is 12.3. The summed E-state index contributed by atoms with van der Waals surface area (Å²) in [7, 11) is 1.66. The van der Waals surface area contributed by atoms with Crippen LogP contribution >= 0.6 is 11.8 Å². The molecule has 0 aliphatic heterocycles. The van der Waals surface area contributed by atoms with Crippen LogP contribution in [0.1, 0.15) is 17.4 Å². The van der Waals surface area contributed by atoms with Gasteiger partial charge in [-0.25, -0.2) is 0 Å². The van der Waals surface area contributed by atoms with Crippen LogP contribution < -0.4 is 0 Å². The molecule has 0 bridgehead atoms. The topological polar surface area (TPSA) is 81.2 Å². The van der Waals surface area contributed by atoms with Crippen LogP contribution in [0.2, 0.25) is 0 Å². The number of nitro groups is 1. The zero-order valence-corrected chi connectivity index (χ0v) is 12.0. The lowest BCUT2D eigenvalue weighted by molar-refractivity contribution is -0.388. The van der Waals surface area contributed by atoms with Crippen molar-refractivity contribution in [3.63, 3.8) is 0 Å². The highest BCUT2D eigenvalue weighted by Crippen LogP contribution is 2.33. The fourth-order valence-electron chi connectivity index (χ4n) is 1.93. The Balaban J connectivity index is 2.14. The van der Waals surface area contributed by atoms with Gasteiger partial charge in [-0.15, -0.1) is 0 Å². The van der Waals surface area contributed by atoms with E-state index in [1.54, 1.807) is 14.0 Å². The minimum Gasteiger partial charge on any atom is -0.388 e. The molecule has 20 heavy (non-hydrogen) atoms. The first-order chi connectivity index (χ1) is 9.50. The van der Waals surface area contributed by atoms with Gasteiger partial charge in [-0.2, -0.15) is 5.10 Å². The molecule has 2 rings (SSSR count). The molecule has 106 valence electrons. The third kappa shape index (κ3) is 3.00. The number of hydrogen-bond donors (Lipinski definition) is 1. The van der Waals surface area contributed by atoms with E-state index in [0.29, 0.717) is 16.5 Å². The predicted molar refractivity (Wildman–Crippen MR) is 76.7 cm³/mol. The van der Waals surface area contributed by atoms with E-state index in [1.807, 2.05) is 30.3 Å². The average molecular weight is 293 g/mol. The molecule has 2 aromatic rings. The number of aliphatic hydroxyl groups excluding tert-OH is 1. The number of aliphatic hydroxyl groups is 1. The highest BCUT2D eigenvalue weighted by atomic mass is 32.2. The Labute approximate surface area is 120 Å². The number of rotatable bonds is 5. The summed E-state index contributed by atoms with van der Waals surface area (Å²) in [5, 5.41) is 25.7. The quantitative estimate of drug-likeness (QED) is 0.520. The minimum atomic E-state index is -0.670. The van der Waals surface area contributed by atoms with Gasteiger partial charge in [0.05, 0.1) is 11.0 Å². The van der Waals surface area contributed by atoms with Gasteiger partial charge in [0.1, 0.15) is 5.69 Å². The number of aromatic nitrogens is 2. The molecule has 1 aromatic heterocycles. The van der Waals surface area contributed by atoms with Crippen molar-refractivity contribution in [1.82, 2.24) is 9.78 Å². The van der Waals surface area contributed by atoms with Crippen molar-refractivity contribution in [3.05, 3.63) is 51.7 Å². The van der Waals surface area contributed by atoms with Crippen molar-refractivity contribution in [1.29, 1.82) is 0 Å². The third-order valence-electron chi connectivity index (χ3n) is 2.88. The summed E-state index contributed by atoms with van der Waals surface area (Å²) in [6.07, 6.45) is -0.670. The molecule has 1 atom stereocenters. The molecule has 0 saturated carbocycles. The largest absolute Gasteiger partial charge is 0.388 e. The molecule has 0 amide bonds. The van der Waals surface area contributed by atoms with Crippen LogP contribution in [0.25, 0.3) is 0 Å². The lowest BCUT2D eigenvalue weighted by Crippen LogP contribution is -2.02. The molecular weight excluding hydrogens is 278 g/mol. The Hall–Kier alpha value is -1.86. The molecule has 0 aliphatic rings.